The molecule has 0 spiro atoms. The molecule has 2 N–H and O–H groups in total. The molecule has 0 fully saturated rings. The van der Waals surface area contributed by atoms with Crippen LogP contribution < -0.4 is 10.1 Å². The highest BCUT2D eigenvalue weighted by molar-refractivity contribution is 5.81. The van der Waals surface area contributed by atoms with Crippen LogP contribution in [0.1, 0.15) is 30.5 Å². The third-order valence-electron chi connectivity index (χ3n) is 4.47. The molecule has 126 valence electrons. The van der Waals surface area contributed by atoms with E-state index in [1.807, 2.05) is 18.2 Å². The first kappa shape index (κ1) is 16.5. The predicted octanol–water partition coefficient (Wildman–Crippen LogP) is 2.62. The first-order valence-electron chi connectivity index (χ1n) is 8.24. The Morgan fingerprint density at radius 3 is 2.50 bits per heavy atom. The molecule has 0 saturated carbocycles. The molecule has 24 heavy (non-hydrogen) atoms. The number of rotatable bonds is 5. The zero-order valence-corrected chi connectivity index (χ0v) is 14.1. The van der Waals surface area contributed by atoms with Crippen molar-refractivity contribution in [2.24, 2.45) is 0 Å². The van der Waals surface area contributed by atoms with Crippen LogP contribution in [0.3, 0.4) is 0 Å². The Hall–Kier alpha value is -2.33. The zero-order valence-electron chi connectivity index (χ0n) is 14.1. The molecule has 1 atom stereocenters. The Morgan fingerprint density at radius 2 is 1.88 bits per heavy atom. The van der Waals surface area contributed by atoms with Crippen LogP contribution in [-0.2, 0) is 24.2 Å². The minimum Gasteiger partial charge on any atom is -0.481 e. The molecule has 0 unspecified atom stereocenters. The average molecular weight is 325 g/mol. The summed E-state index contributed by atoms with van der Waals surface area (Å²) in [7, 11) is 0. The van der Waals surface area contributed by atoms with Crippen LogP contribution in [-0.4, -0.2) is 22.7 Å². The number of fused-ring (bicyclic) bond motifs is 1. The summed E-state index contributed by atoms with van der Waals surface area (Å²) in [4.78, 5) is 12.5. The van der Waals surface area contributed by atoms with E-state index in [-0.39, 0.29) is 18.1 Å². The summed E-state index contributed by atoms with van der Waals surface area (Å²) in [6.45, 7) is 3.77. The van der Waals surface area contributed by atoms with Gasteiger partial charge in [0.2, 0.25) is 0 Å². The van der Waals surface area contributed by atoms with Crippen molar-refractivity contribution in [3.63, 3.8) is 0 Å². The van der Waals surface area contributed by atoms with Crippen molar-refractivity contribution in [2.45, 2.75) is 44.9 Å². The Morgan fingerprint density at radius 1 is 1.21 bits per heavy atom. The van der Waals surface area contributed by atoms with E-state index in [2.05, 4.69) is 24.4 Å². The standard InChI is InChI=1S/C20H23NO3/c1-14(24-18-9-5-6-15(10-18)13-22)19(23)21-20(2)11-16-7-3-4-8-17(16)12-20/h3-10,14,22H,11-13H2,1-2H3,(H,21,23)/t14-/m1/s1. The number of carbonyl (C=O) groups excluding carboxylic acids is 1. The Balaban J connectivity index is 1.62. The van der Waals surface area contributed by atoms with Crippen LogP contribution >= 0.6 is 0 Å². The fourth-order valence-electron chi connectivity index (χ4n) is 3.27. The summed E-state index contributed by atoms with van der Waals surface area (Å²) >= 11 is 0. The highest BCUT2D eigenvalue weighted by Gasteiger charge is 2.35. The van der Waals surface area contributed by atoms with Crippen molar-refractivity contribution in [2.75, 3.05) is 0 Å². The van der Waals surface area contributed by atoms with Crippen molar-refractivity contribution in [1.29, 1.82) is 0 Å². The quantitative estimate of drug-likeness (QED) is 0.888. The highest BCUT2D eigenvalue weighted by Crippen LogP contribution is 2.29. The maximum atomic E-state index is 12.5. The minimum absolute atomic E-state index is 0.0475. The van der Waals surface area contributed by atoms with Gasteiger partial charge in [0.15, 0.2) is 6.10 Å². The van der Waals surface area contributed by atoms with E-state index in [4.69, 9.17) is 4.74 Å². The molecule has 0 bridgehead atoms. The summed E-state index contributed by atoms with van der Waals surface area (Å²) in [6.07, 6.45) is 1.07. The fraction of sp³-hybridized carbons (Fsp3) is 0.350. The minimum atomic E-state index is -0.598. The summed E-state index contributed by atoms with van der Waals surface area (Å²) in [5.74, 6) is 0.462. The van der Waals surface area contributed by atoms with Gasteiger partial charge in [0, 0.05) is 5.54 Å². The molecule has 2 aromatic rings. The molecule has 0 saturated heterocycles. The number of aliphatic hydroxyl groups is 1. The molecule has 1 amide bonds. The van der Waals surface area contributed by atoms with Gasteiger partial charge < -0.3 is 15.2 Å². The number of benzene rings is 2. The Labute approximate surface area is 142 Å². The molecule has 0 aliphatic heterocycles. The zero-order chi connectivity index (χ0) is 17.2. The molecular formula is C20H23NO3. The molecule has 0 aromatic heterocycles. The molecule has 0 radical (unpaired) electrons. The summed E-state index contributed by atoms with van der Waals surface area (Å²) in [6, 6.07) is 15.5. The number of ether oxygens (including phenoxy) is 1. The average Bonchev–Trinajstić information content (AvgIpc) is 2.90. The van der Waals surface area contributed by atoms with E-state index in [0.29, 0.717) is 5.75 Å². The lowest BCUT2D eigenvalue weighted by molar-refractivity contribution is -0.129. The summed E-state index contributed by atoms with van der Waals surface area (Å²) in [5, 5.41) is 12.3. The molecule has 0 heterocycles. The van der Waals surface area contributed by atoms with Crippen molar-refractivity contribution in [3.05, 3.63) is 65.2 Å². The molecule has 1 aliphatic carbocycles. The maximum absolute atomic E-state index is 12.5. The molecule has 3 rings (SSSR count). The second kappa shape index (κ2) is 6.65. The van der Waals surface area contributed by atoms with Crippen LogP contribution in [0.4, 0.5) is 0 Å². The van der Waals surface area contributed by atoms with Crippen LogP contribution in [0, 0.1) is 0 Å². The van der Waals surface area contributed by atoms with E-state index < -0.39 is 6.10 Å². The predicted molar refractivity (Wildman–Crippen MR) is 92.9 cm³/mol. The van der Waals surface area contributed by atoms with Crippen LogP contribution in [0.25, 0.3) is 0 Å². The number of carbonyl (C=O) groups is 1. The molecular weight excluding hydrogens is 302 g/mol. The SMILES string of the molecule is C[C@@H](Oc1cccc(CO)c1)C(=O)NC1(C)Cc2ccccc2C1. The summed E-state index contributed by atoms with van der Waals surface area (Å²) in [5.41, 5.74) is 3.08. The normalized spacial score (nSPS) is 16.3. The third-order valence-corrected chi connectivity index (χ3v) is 4.47. The smallest absolute Gasteiger partial charge is 0.261 e. The lowest BCUT2D eigenvalue weighted by Crippen LogP contribution is -2.51. The molecule has 2 aromatic carbocycles. The van der Waals surface area contributed by atoms with Crippen LogP contribution in [0.15, 0.2) is 48.5 Å². The van der Waals surface area contributed by atoms with Crippen molar-refractivity contribution in [3.8, 4) is 5.75 Å². The number of amides is 1. The van der Waals surface area contributed by atoms with Gasteiger partial charge in [-0.05, 0) is 55.5 Å². The lowest BCUT2D eigenvalue weighted by atomic mass is 9.98. The number of nitrogens with one attached hydrogen (secondary N) is 1. The van der Waals surface area contributed by atoms with Crippen molar-refractivity contribution >= 4 is 5.91 Å². The number of hydrogen-bond donors (Lipinski definition) is 2. The third kappa shape index (κ3) is 3.60. The Bertz CT molecular complexity index is 716. The van der Waals surface area contributed by atoms with Gasteiger partial charge in [0.05, 0.1) is 6.61 Å². The first-order chi connectivity index (χ1) is 11.5. The molecule has 4 nitrogen and oxygen atoms in total. The van der Waals surface area contributed by atoms with Gasteiger partial charge in [-0.2, -0.15) is 0 Å². The van der Waals surface area contributed by atoms with Gasteiger partial charge in [0.25, 0.3) is 5.91 Å². The summed E-state index contributed by atoms with van der Waals surface area (Å²) < 4.78 is 5.73. The number of aliphatic hydroxyl groups excluding tert-OH is 1. The second-order valence-corrected chi connectivity index (χ2v) is 6.74. The van der Waals surface area contributed by atoms with E-state index in [1.54, 1.807) is 25.1 Å². The first-order valence-corrected chi connectivity index (χ1v) is 8.24. The van der Waals surface area contributed by atoms with Gasteiger partial charge >= 0.3 is 0 Å². The highest BCUT2D eigenvalue weighted by atomic mass is 16.5. The molecule has 1 aliphatic rings. The number of hydrogen-bond acceptors (Lipinski definition) is 3. The van der Waals surface area contributed by atoms with Gasteiger partial charge in [0.1, 0.15) is 5.75 Å². The largest absolute Gasteiger partial charge is 0.481 e. The molecule has 4 heteroatoms. The monoisotopic (exact) mass is 325 g/mol. The topological polar surface area (TPSA) is 58.6 Å². The van der Waals surface area contributed by atoms with Gasteiger partial charge in [-0.3, -0.25) is 4.79 Å². The lowest BCUT2D eigenvalue weighted by Gasteiger charge is -2.27. The second-order valence-electron chi connectivity index (χ2n) is 6.74. The van der Waals surface area contributed by atoms with Gasteiger partial charge in [-0.25, -0.2) is 0 Å². The van der Waals surface area contributed by atoms with Crippen molar-refractivity contribution < 1.29 is 14.6 Å². The van der Waals surface area contributed by atoms with Crippen LogP contribution in [0.2, 0.25) is 0 Å². The Kier molecular flexibility index (Phi) is 4.58. The van der Waals surface area contributed by atoms with E-state index in [9.17, 15) is 9.90 Å². The van der Waals surface area contributed by atoms with Crippen molar-refractivity contribution in [1.82, 2.24) is 5.32 Å². The van der Waals surface area contributed by atoms with Gasteiger partial charge in [-0.1, -0.05) is 36.4 Å². The van der Waals surface area contributed by atoms with Crippen LogP contribution in [0.5, 0.6) is 5.75 Å². The van der Waals surface area contributed by atoms with Gasteiger partial charge in [-0.15, -0.1) is 0 Å². The van der Waals surface area contributed by atoms with E-state index in [1.165, 1.54) is 11.1 Å². The van der Waals surface area contributed by atoms with E-state index in [0.717, 1.165) is 18.4 Å². The fourth-order valence-corrected chi connectivity index (χ4v) is 3.27. The van der Waals surface area contributed by atoms with E-state index >= 15 is 0 Å². The maximum Gasteiger partial charge on any atom is 0.261 e.